The Balaban J connectivity index is 1.69. The minimum Gasteiger partial charge on any atom is -0.443 e. The van der Waals surface area contributed by atoms with E-state index in [1.807, 2.05) is 25.1 Å². The van der Waals surface area contributed by atoms with E-state index in [0.717, 1.165) is 5.56 Å². The van der Waals surface area contributed by atoms with E-state index in [4.69, 9.17) is 14.2 Å². The molecule has 2 N–H and O–H groups in total. The molecular weight excluding hydrogens is 540 g/mol. The number of nitro benzene ring substituents is 1. The molecule has 4 atom stereocenters. The van der Waals surface area contributed by atoms with E-state index in [-0.39, 0.29) is 28.4 Å². The van der Waals surface area contributed by atoms with Crippen molar-refractivity contribution in [2.24, 2.45) is 0 Å². The van der Waals surface area contributed by atoms with Crippen LogP contribution in [0, 0.1) is 10.1 Å². The molecule has 2 aromatic rings. The highest BCUT2D eigenvalue weighted by Crippen LogP contribution is 2.43. The van der Waals surface area contributed by atoms with Gasteiger partial charge in [-0.1, -0.05) is 55.5 Å². The van der Waals surface area contributed by atoms with Crippen LogP contribution >= 0.6 is 0 Å². The Hall–Kier alpha value is -4.06. The van der Waals surface area contributed by atoms with Crippen molar-refractivity contribution in [1.29, 1.82) is 0 Å². The van der Waals surface area contributed by atoms with Gasteiger partial charge in [0.2, 0.25) is 0 Å². The zero-order chi connectivity index (χ0) is 30.4. The van der Waals surface area contributed by atoms with Crippen LogP contribution in [0.25, 0.3) is 0 Å². The van der Waals surface area contributed by atoms with E-state index in [9.17, 15) is 19.7 Å². The molecule has 2 aromatic carbocycles. The molecule has 4 unspecified atom stereocenters. The number of allylic oxidation sites excluding steroid dienone is 2. The molecule has 11 heteroatoms. The molecule has 4 rings (SSSR count). The van der Waals surface area contributed by atoms with Crippen LogP contribution in [0.4, 0.5) is 5.69 Å². The zero-order valence-corrected chi connectivity index (χ0v) is 24.6. The molecule has 0 bridgehead atoms. The number of ether oxygens (including phenoxy) is 3. The first-order valence-corrected chi connectivity index (χ1v) is 14.0. The number of rotatable bonds is 10. The monoisotopic (exact) mass is 578 g/mol. The number of benzene rings is 2. The van der Waals surface area contributed by atoms with Crippen LogP contribution in [-0.2, 0) is 23.8 Å². The number of dihydropyridines is 1. The Morgan fingerprint density at radius 3 is 2.26 bits per heavy atom. The number of para-hydroxylation sites is 1. The number of carbonyl (C=O) groups excluding carboxylic acids is 2. The van der Waals surface area contributed by atoms with Crippen molar-refractivity contribution in [2.45, 2.75) is 58.6 Å². The molecule has 42 heavy (non-hydrogen) atoms. The molecule has 0 radical (unpaired) electrons. The van der Waals surface area contributed by atoms with Gasteiger partial charge in [0.1, 0.15) is 0 Å². The summed E-state index contributed by atoms with van der Waals surface area (Å²) in [6.45, 7) is 8.87. The van der Waals surface area contributed by atoms with Crippen LogP contribution in [0.1, 0.15) is 57.2 Å². The fraction of sp³-hybridized carbons (Fsp3) is 0.419. The summed E-state index contributed by atoms with van der Waals surface area (Å²) >= 11 is 0. The van der Waals surface area contributed by atoms with E-state index in [1.54, 1.807) is 39.0 Å². The van der Waals surface area contributed by atoms with Crippen molar-refractivity contribution in [3.63, 3.8) is 0 Å². The maximum atomic E-state index is 14.1. The maximum Gasteiger partial charge on any atom is 0.339 e. The zero-order valence-electron chi connectivity index (χ0n) is 24.6. The average molecular weight is 579 g/mol. The lowest BCUT2D eigenvalue weighted by atomic mass is 9.79. The third-order valence-electron chi connectivity index (χ3n) is 7.66. The summed E-state index contributed by atoms with van der Waals surface area (Å²) in [6.07, 6.45) is -0.895. The van der Waals surface area contributed by atoms with E-state index < -0.39 is 35.3 Å². The van der Waals surface area contributed by atoms with Gasteiger partial charge in [-0.05, 0) is 32.8 Å². The van der Waals surface area contributed by atoms with Crippen molar-refractivity contribution in [3.8, 4) is 0 Å². The van der Waals surface area contributed by atoms with Gasteiger partial charge in [-0.3, -0.25) is 15.0 Å². The molecular formula is C31H38N4O7. The number of nitrogens with zero attached hydrogens (tertiary/aromatic N) is 2. The van der Waals surface area contributed by atoms with E-state index >= 15 is 0 Å². The second-order valence-electron chi connectivity index (χ2n) is 10.3. The van der Waals surface area contributed by atoms with Crippen LogP contribution in [0.5, 0.6) is 0 Å². The van der Waals surface area contributed by atoms with Gasteiger partial charge in [-0.25, -0.2) is 9.59 Å². The number of esters is 2. The highest BCUT2D eigenvalue weighted by Gasteiger charge is 2.42. The summed E-state index contributed by atoms with van der Waals surface area (Å²) in [5.74, 6) is -2.52. The van der Waals surface area contributed by atoms with Gasteiger partial charge in [0, 0.05) is 55.8 Å². The van der Waals surface area contributed by atoms with Crippen LogP contribution in [0.2, 0.25) is 0 Å². The quantitative estimate of drug-likeness (QED) is 0.182. The summed E-state index contributed by atoms with van der Waals surface area (Å²) in [4.78, 5) is 41.2. The summed E-state index contributed by atoms with van der Waals surface area (Å²) < 4.78 is 16.7. The minimum atomic E-state index is -1.10. The Morgan fingerprint density at radius 1 is 1.02 bits per heavy atom. The molecule has 2 heterocycles. The van der Waals surface area contributed by atoms with Gasteiger partial charge in [0.25, 0.3) is 5.69 Å². The second kappa shape index (κ2) is 13.7. The Kier molecular flexibility index (Phi) is 10.1. The fourth-order valence-electron chi connectivity index (χ4n) is 5.55. The topological polar surface area (TPSA) is 132 Å². The first kappa shape index (κ1) is 30.9. The van der Waals surface area contributed by atoms with E-state index in [1.165, 1.54) is 13.2 Å². The van der Waals surface area contributed by atoms with E-state index in [0.29, 0.717) is 37.4 Å². The normalized spacial score (nSPS) is 20.9. The van der Waals surface area contributed by atoms with Crippen molar-refractivity contribution in [3.05, 3.63) is 98.4 Å². The summed E-state index contributed by atoms with van der Waals surface area (Å²) in [7, 11) is 1.40. The summed E-state index contributed by atoms with van der Waals surface area (Å²) in [5.41, 5.74) is 2.15. The minimum absolute atomic E-state index is 0.0689. The predicted octanol–water partition coefficient (Wildman–Crippen LogP) is 4.29. The van der Waals surface area contributed by atoms with Crippen molar-refractivity contribution >= 4 is 17.6 Å². The molecule has 11 nitrogen and oxygen atoms in total. The number of methoxy groups -OCH3 is 1. The molecule has 0 amide bonds. The number of carbonyl (C=O) groups is 2. The first-order valence-electron chi connectivity index (χ1n) is 14.0. The van der Waals surface area contributed by atoms with Crippen LogP contribution in [-0.4, -0.2) is 61.0 Å². The maximum absolute atomic E-state index is 14.1. The average Bonchev–Trinajstić information content (AvgIpc) is 2.99. The van der Waals surface area contributed by atoms with Gasteiger partial charge in [0.15, 0.2) is 12.5 Å². The number of hydrogen-bond acceptors (Lipinski definition) is 10. The SMILES string of the molecule is CCC(OC(=O)C1=C(C)NC(C)=C(C(=O)OC(C)OC)C1c1ccccc1[N+](=O)[O-])N1CCNC(c2ccccc2)C1. The molecule has 0 aromatic heterocycles. The summed E-state index contributed by atoms with van der Waals surface area (Å²) in [6, 6.07) is 16.2. The van der Waals surface area contributed by atoms with Gasteiger partial charge < -0.3 is 24.8 Å². The Bertz CT molecular complexity index is 1370. The standard InChI is InChI=1S/C31H38N4O7/c1-6-26(34-17-16-32-24(18-34)22-12-8-7-9-13-22)42-31(37)28-20(3)33-19(2)27(30(36)41-21(4)40-5)29(28)23-14-10-11-15-25(23)35(38)39/h7-15,21,24,26,29,32-33H,6,16-18H2,1-5H3. The Morgan fingerprint density at radius 2 is 1.64 bits per heavy atom. The molecule has 0 spiro atoms. The largest absolute Gasteiger partial charge is 0.443 e. The van der Waals surface area contributed by atoms with Crippen molar-refractivity contribution in [2.75, 3.05) is 26.7 Å². The molecule has 0 saturated carbocycles. The highest BCUT2D eigenvalue weighted by atomic mass is 16.7. The number of hydrogen-bond donors (Lipinski definition) is 2. The van der Waals surface area contributed by atoms with E-state index in [2.05, 4.69) is 27.7 Å². The van der Waals surface area contributed by atoms with Crippen molar-refractivity contribution in [1.82, 2.24) is 15.5 Å². The molecule has 2 aliphatic rings. The lowest BCUT2D eigenvalue weighted by Gasteiger charge is -2.39. The Labute approximate surface area is 245 Å². The van der Waals surface area contributed by atoms with Crippen LogP contribution in [0.15, 0.2) is 77.1 Å². The molecule has 2 aliphatic heterocycles. The van der Waals surface area contributed by atoms with Crippen molar-refractivity contribution < 1.29 is 28.7 Å². The molecule has 1 fully saturated rings. The highest BCUT2D eigenvalue weighted by molar-refractivity contribution is 6.00. The number of piperazine rings is 1. The predicted molar refractivity (Wildman–Crippen MR) is 156 cm³/mol. The summed E-state index contributed by atoms with van der Waals surface area (Å²) in [5, 5.41) is 18.7. The lowest BCUT2D eigenvalue weighted by Crippen LogP contribution is -2.51. The third kappa shape index (κ3) is 6.70. The van der Waals surface area contributed by atoms with Gasteiger partial charge >= 0.3 is 11.9 Å². The van der Waals surface area contributed by atoms with Gasteiger partial charge in [-0.15, -0.1) is 0 Å². The third-order valence-corrected chi connectivity index (χ3v) is 7.66. The molecule has 1 saturated heterocycles. The van der Waals surface area contributed by atoms with Crippen LogP contribution < -0.4 is 10.6 Å². The number of nitrogens with one attached hydrogen (secondary N) is 2. The van der Waals surface area contributed by atoms with Gasteiger partial charge in [0.05, 0.1) is 22.0 Å². The first-order chi connectivity index (χ1) is 20.2. The lowest BCUT2D eigenvalue weighted by molar-refractivity contribution is -0.385. The molecule has 224 valence electrons. The fourth-order valence-corrected chi connectivity index (χ4v) is 5.55. The van der Waals surface area contributed by atoms with Crippen LogP contribution in [0.3, 0.4) is 0 Å². The molecule has 0 aliphatic carbocycles. The van der Waals surface area contributed by atoms with Gasteiger partial charge in [-0.2, -0.15) is 0 Å². The number of nitro groups is 1. The second-order valence-corrected chi connectivity index (χ2v) is 10.3. The smallest absolute Gasteiger partial charge is 0.339 e.